The lowest BCUT2D eigenvalue weighted by Crippen LogP contribution is -2.34. The van der Waals surface area contributed by atoms with Crippen LogP contribution in [0, 0.1) is 0 Å². The maximum absolute atomic E-state index is 13.3. The van der Waals surface area contributed by atoms with Crippen LogP contribution in [0.1, 0.15) is 61.4 Å². The molecule has 0 atom stereocenters. The molecule has 0 unspecified atom stereocenters. The highest BCUT2D eigenvalue weighted by atomic mass is 79.9. The third-order valence-corrected chi connectivity index (χ3v) is 5.94. The number of carbonyl (C=O) groups excluding carboxylic acids is 2. The number of carbonyl (C=O) groups is 2. The van der Waals surface area contributed by atoms with Gasteiger partial charge in [0.25, 0.3) is 5.91 Å². The maximum Gasteiger partial charge on any atom is 0.254 e. The lowest BCUT2D eigenvalue weighted by molar-refractivity contribution is -0.116. The zero-order valence-corrected chi connectivity index (χ0v) is 18.7. The minimum atomic E-state index is 0.0327. The van der Waals surface area contributed by atoms with Crippen LogP contribution in [-0.2, 0) is 11.3 Å². The number of para-hydroxylation sites is 1. The fourth-order valence-corrected chi connectivity index (χ4v) is 4.30. The minimum absolute atomic E-state index is 0.0327. The van der Waals surface area contributed by atoms with Gasteiger partial charge in [-0.05, 0) is 42.7 Å². The number of amides is 2. The molecule has 154 valence electrons. The molecule has 0 N–H and O–H groups in total. The molecule has 29 heavy (non-hydrogen) atoms. The molecule has 1 aliphatic rings. The number of halogens is 1. The van der Waals surface area contributed by atoms with Gasteiger partial charge in [0.1, 0.15) is 0 Å². The molecule has 0 saturated heterocycles. The van der Waals surface area contributed by atoms with Gasteiger partial charge in [-0.15, -0.1) is 0 Å². The molecule has 2 aromatic rings. The van der Waals surface area contributed by atoms with Crippen LogP contribution >= 0.6 is 15.9 Å². The SMILES string of the molecule is CC(=O)N1CCCCCCCCN(C(=O)c2cccc(Br)c2)Cc2ccccc21. The summed E-state index contributed by atoms with van der Waals surface area (Å²) < 4.78 is 0.900. The predicted octanol–water partition coefficient (Wildman–Crippen LogP) is 5.80. The van der Waals surface area contributed by atoms with Gasteiger partial charge < -0.3 is 9.80 Å². The molecule has 4 nitrogen and oxygen atoms in total. The summed E-state index contributed by atoms with van der Waals surface area (Å²) in [6, 6.07) is 15.5. The van der Waals surface area contributed by atoms with Gasteiger partial charge in [0.15, 0.2) is 0 Å². The molecular formula is C24H29BrN2O2. The van der Waals surface area contributed by atoms with Gasteiger partial charge in [0.05, 0.1) is 0 Å². The van der Waals surface area contributed by atoms with Crippen molar-refractivity contribution in [2.45, 2.75) is 52.0 Å². The van der Waals surface area contributed by atoms with Gasteiger partial charge in [-0.25, -0.2) is 0 Å². The van der Waals surface area contributed by atoms with Gasteiger partial charge in [-0.2, -0.15) is 0 Å². The monoisotopic (exact) mass is 456 g/mol. The van der Waals surface area contributed by atoms with Crippen LogP contribution < -0.4 is 4.90 Å². The van der Waals surface area contributed by atoms with Crippen molar-refractivity contribution < 1.29 is 9.59 Å². The van der Waals surface area contributed by atoms with Crippen molar-refractivity contribution >= 4 is 33.4 Å². The van der Waals surface area contributed by atoms with Crippen LogP contribution in [0.15, 0.2) is 53.0 Å². The smallest absolute Gasteiger partial charge is 0.254 e. The molecule has 0 aliphatic carbocycles. The predicted molar refractivity (Wildman–Crippen MR) is 121 cm³/mol. The normalized spacial score (nSPS) is 16.2. The second-order valence-corrected chi connectivity index (χ2v) is 8.57. The van der Waals surface area contributed by atoms with Crippen molar-refractivity contribution in [2.24, 2.45) is 0 Å². The average Bonchev–Trinajstić information content (AvgIpc) is 2.73. The first-order valence-electron chi connectivity index (χ1n) is 10.5. The number of fused-ring (bicyclic) bond motifs is 1. The summed E-state index contributed by atoms with van der Waals surface area (Å²) in [5.74, 6) is 0.0857. The van der Waals surface area contributed by atoms with Gasteiger partial charge in [0.2, 0.25) is 5.91 Å². The minimum Gasteiger partial charge on any atom is -0.334 e. The fraction of sp³-hybridized carbons (Fsp3) is 0.417. The third kappa shape index (κ3) is 5.92. The molecule has 3 rings (SSSR count). The number of hydrogen-bond donors (Lipinski definition) is 0. The molecular weight excluding hydrogens is 428 g/mol. The Kier molecular flexibility index (Phi) is 7.87. The molecule has 2 amide bonds. The number of rotatable bonds is 1. The summed E-state index contributed by atoms with van der Waals surface area (Å²) in [7, 11) is 0. The van der Waals surface area contributed by atoms with E-state index in [1.54, 1.807) is 6.92 Å². The van der Waals surface area contributed by atoms with Crippen LogP contribution in [0.25, 0.3) is 0 Å². The summed E-state index contributed by atoms with van der Waals surface area (Å²) in [6.07, 6.45) is 6.61. The van der Waals surface area contributed by atoms with Gasteiger partial charge >= 0.3 is 0 Å². The van der Waals surface area contributed by atoms with Gasteiger partial charge in [-0.3, -0.25) is 9.59 Å². The van der Waals surface area contributed by atoms with E-state index in [1.165, 1.54) is 12.8 Å². The highest BCUT2D eigenvalue weighted by Gasteiger charge is 2.21. The molecule has 1 heterocycles. The van der Waals surface area contributed by atoms with Crippen LogP contribution in [-0.4, -0.2) is 29.8 Å². The standard InChI is InChI=1S/C24H29BrN2O2/c1-19(28)27-16-9-5-3-2-4-8-15-26(18-21-11-6-7-14-23(21)27)24(29)20-12-10-13-22(25)17-20/h6-7,10-14,17H,2-5,8-9,15-16,18H2,1H3. The highest BCUT2D eigenvalue weighted by molar-refractivity contribution is 9.10. The second-order valence-electron chi connectivity index (χ2n) is 7.66. The molecule has 5 heteroatoms. The summed E-state index contributed by atoms with van der Waals surface area (Å²) >= 11 is 3.47. The molecule has 2 aromatic carbocycles. The number of benzene rings is 2. The largest absolute Gasteiger partial charge is 0.334 e. The summed E-state index contributed by atoms with van der Waals surface area (Å²) in [4.78, 5) is 29.4. The first-order valence-corrected chi connectivity index (χ1v) is 11.3. The molecule has 0 spiro atoms. The second kappa shape index (κ2) is 10.6. The van der Waals surface area contributed by atoms with E-state index in [0.29, 0.717) is 12.1 Å². The fourth-order valence-electron chi connectivity index (χ4n) is 3.90. The maximum atomic E-state index is 13.3. The number of anilines is 1. The Morgan fingerprint density at radius 2 is 1.55 bits per heavy atom. The lowest BCUT2D eigenvalue weighted by atomic mass is 10.1. The summed E-state index contributed by atoms with van der Waals surface area (Å²) in [6.45, 7) is 3.58. The van der Waals surface area contributed by atoms with E-state index in [4.69, 9.17) is 0 Å². The number of nitrogens with zero attached hydrogens (tertiary/aromatic N) is 2. The van der Waals surface area contributed by atoms with Crippen LogP contribution in [0.5, 0.6) is 0 Å². The highest BCUT2D eigenvalue weighted by Crippen LogP contribution is 2.25. The van der Waals surface area contributed by atoms with Crippen molar-refractivity contribution in [3.63, 3.8) is 0 Å². The van der Waals surface area contributed by atoms with E-state index < -0.39 is 0 Å². The molecule has 0 bridgehead atoms. The van der Waals surface area contributed by atoms with Gasteiger partial charge in [-0.1, -0.05) is 65.9 Å². The molecule has 0 radical (unpaired) electrons. The Morgan fingerprint density at radius 1 is 0.862 bits per heavy atom. The Hall–Kier alpha value is -2.14. The molecule has 1 aliphatic heterocycles. The third-order valence-electron chi connectivity index (χ3n) is 5.44. The van der Waals surface area contributed by atoms with E-state index in [1.807, 2.05) is 58.3 Å². The zero-order chi connectivity index (χ0) is 20.6. The van der Waals surface area contributed by atoms with E-state index in [0.717, 1.165) is 54.5 Å². The van der Waals surface area contributed by atoms with E-state index in [2.05, 4.69) is 15.9 Å². The Labute approximate surface area is 182 Å². The first kappa shape index (κ1) is 21.6. The zero-order valence-electron chi connectivity index (χ0n) is 17.1. The molecule has 0 fully saturated rings. The van der Waals surface area contributed by atoms with E-state index >= 15 is 0 Å². The molecule has 0 aromatic heterocycles. The Morgan fingerprint density at radius 3 is 2.28 bits per heavy atom. The topological polar surface area (TPSA) is 40.6 Å². The Balaban J connectivity index is 1.93. The quantitative estimate of drug-likeness (QED) is 0.543. The summed E-state index contributed by atoms with van der Waals surface area (Å²) in [5.41, 5.74) is 2.63. The average molecular weight is 457 g/mol. The Bertz CT molecular complexity index is 852. The van der Waals surface area contributed by atoms with Crippen molar-refractivity contribution in [2.75, 3.05) is 18.0 Å². The van der Waals surface area contributed by atoms with Crippen LogP contribution in [0.3, 0.4) is 0 Å². The van der Waals surface area contributed by atoms with Crippen molar-refractivity contribution in [3.05, 3.63) is 64.1 Å². The van der Waals surface area contributed by atoms with Crippen LogP contribution in [0.4, 0.5) is 5.69 Å². The lowest BCUT2D eigenvalue weighted by Gasteiger charge is -2.28. The molecule has 0 saturated carbocycles. The first-order chi connectivity index (χ1) is 14.1. The van der Waals surface area contributed by atoms with Crippen molar-refractivity contribution in [1.82, 2.24) is 4.90 Å². The van der Waals surface area contributed by atoms with Crippen molar-refractivity contribution in [1.29, 1.82) is 0 Å². The number of hydrogen-bond acceptors (Lipinski definition) is 2. The summed E-state index contributed by atoms with van der Waals surface area (Å²) in [5, 5.41) is 0. The van der Waals surface area contributed by atoms with Crippen molar-refractivity contribution in [3.8, 4) is 0 Å². The van der Waals surface area contributed by atoms with Gasteiger partial charge in [0, 0.05) is 42.3 Å². The van der Waals surface area contributed by atoms with E-state index in [9.17, 15) is 9.59 Å². The van der Waals surface area contributed by atoms with E-state index in [-0.39, 0.29) is 11.8 Å². The van der Waals surface area contributed by atoms with Crippen LogP contribution in [0.2, 0.25) is 0 Å².